The average molecular weight is 363 g/mol. The number of methoxy groups -OCH3 is 1. The Bertz CT molecular complexity index is 600. The molecule has 1 amide bonds. The number of piperidine rings is 1. The SMILES string of the molecule is COC(=O)C1(COCc2ccccc2)CCN(C(=O)OC(C)(C)C)CC1. The third-order valence-corrected chi connectivity index (χ3v) is 4.48. The number of likely N-dealkylation sites (tertiary alicyclic amines) is 1. The van der Waals surface area contributed by atoms with Gasteiger partial charge in [-0.3, -0.25) is 4.79 Å². The van der Waals surface area contributed by atoms with Crippen LogP contribution in [0.25, 0.3) is 0 Å². The van der Waals surface area contributed by atoms with Crippen LogP contribution in [-0.4, -0.2) is 49.4 Å². The Balaban J connectivity index is 1.94. The minimum absolute atomic E-state index is 0.275. The van der Waals surface area contributed by atoms with E-state index in [0.29, 0.717) is 32.5 Å². The molecule has 1 heterocycles. The summed E-state index contributed by atoms with van der Waals surface area (Å²) < 4.78 is 16.3. The van der Waals surface area contributed by atoms with E-state index in [-0.39, 0.29) is 18.7 Å². The van der Waals surface area contributed by atoms with Gasteiger partial charge in [-0.1, -0.05) is 30.3 Å². The molecule has 26 heavy (non-hydrogen) atoms. The van der Waals surface area contributed by atoms with Crippen molar-refractivity contribution >= 4 is 12.1 Å². The molecule has 0 aliphatic carbocycles. The molecule has 1 saturated heterocycles. The Morgan fingerprint density at radius 2 is 1.73 bits per heavy atom. The number of hydrogen-bond acceptors (Lipinski definition) is 5. The second kappa shape index (κ2) is 8.54. The molecule has 6 nitrogen and oxygen atoms in total. The highest BCUT2D eigenvalue weighted by Gasteiger charge is 2.44. The van der Waals surface area contributed by atoms with Gasteiger partial charge in [-0.2, -0.15) is 0 Å². The lowest BCUT2D eigenvalue weighted by atomic mass is 9.79. The van der Waals surface area contributed by atoms with Gasteiger partial charge in [-0.15, -0.1) is 0 Å². The molecule has 0 spiro atoms. The Hall–Kier alpha value is -2.08. The van der Waals surface area contributed by atoms with Crippen molar-refractivity contribution in [2.45, 2.75) is 45.8 Å². The fourth-order valence-corrected chi connectivity index (χ4v) is 3.01. The second-order valence-electron chi connectivity index (χ2n) is 7.72. The Morgan fingerprint density at radius 1 is 1.12 bits per heavy atom. The van der Waals surface area contributed by atoms with Gasteiger partial charge in [0.15, 0.2) is 0 Å². The highest BCUT2D eigenvalue weighted by Crippen LogP contribution is 2.34. The first-order chi connectivity index (χ1) is 12.3. The third-order valence-electron chi connectivity index (χ3n) is 4.48. The first-order valence-electron chi connectivity index (χ1n) is 8.94. The summed E-state index contributed by atoms with van der Waals surface area (Å²) in [7, 11) is 1.39. The molecule has 1 aliphatic rings. The summed E-state index contributed by atoms with van der Waals surface area (Å²) in [6, 6.07) is 9.82. The lowest BCUT2D eigenvalue weighted by Gasteiger charge is -2.39. The molecule has 0 N–H and O–H groups in total. The maximum atomic E-state index is 12.4. The quantitative estimate of drug-likeness (QED) is 0.750. The smallest absolute Gasteiger partial charge is 0.410 e. The van der Waals surface area contributed by atoms with E-state index in [4.69, 9.17) is 14.2 Å². The van der Waals surface area contributed by atoms with Crippen LogP contribution in [0.15, 0.2) is 30.3 Å². The van der Waals surface area contributed by atoms with Crippen molar-refractivity contribution in [1.29, 1.82) is 0 Å². The molecule has 0 saturated carbocycles. The molecule has 1 fully saturated rings. The zero-order valence-corrected chi connectivity index (χ0v) is 16.1. The van der Waals surface area contributed by atoms with Gasteiger partial charge >= 0.3 is 12.1 Å². The number of carbonyl (C=O) groups excluding carboxylic acids is 2. The number of esters is 1. The molecule has 1 aromatic rings. The van der Waals surface area contributed by atoms with E-state index in [9.17, 15) is 9.59 Å². The van der Waals surface area contributed by atoms with Crippen molar-refractivity contribution in [2.24, 2.45) is 5.41 Å². The van der Waals surface area contributed by atoms with Crippen LogP contribution in [0.2, 0.25) is 0 Å². The number of hydrogen-bond donors (Lipinski definition) is 0. The van der Waals surface area contributed by atoms with Crippen LogP contribution >= 0.6 is 0 Å². The molecule has 6 heteroatoms. The number of ether oxygens (including phenoxy) is 3. The molecule has 144 valence electrons. The second-order valence-corrected chi connectivity index (χ2v) is 7.72. The number of rotatable bonds is 5. The van der Waals surface area contributed by atoms with Gasteiger partial charge < -0.3 is 19.1 Å². The molecule has 1 aromatic carbocycles. The lowest BCUT2D eigenvalue weighted by molar-refractivity contribution is -0.161. The average Bonchev–Trinajstić information content (AvgIpc) is 2.61. The van der Waals surface area contributed by atoms with E-state index >= 15 is 0 Å². The molecular formula is C20H29NO5. The zero-order chi connectivity index (χ0) is 19.2. The van der Waals surface area contributed by atoms with Crippen LogP contribution in [0.3, 0.4) is 0 Å². The molecule has 0 aromatic heterocycles. The predicted molar refractivity (Wildman–Crippen MR) is 97.6 cm³/mol. The van der Waals surface area contributed by atoms with E-state index in [2.05, 4.69) is 0 Å². The van der Waals surface area contributed by atoms with Crippen molar-refractivity contribution in [3.8, 4) is 0 Å². The van der Waals surface area contributed by atoms with E-state index in [1.165, 1.54) is 7.11 Å². The molecular weight excluding hydrogens is 334 g/mol. The highest BCUT2D eigenvalue weighted by molar-refractivity contribution is 5.77. The number of carbonyl (C=O) groups is 2. The van der Waals surface area contributed by atoms with Gasteiger partial charge in [0.1, 0.15) is 5.60 Å². The minimum atomic E-state index is -0.720. The zero-order valence-electron chi connectivity index (χ0n) is 16.1. The van der Waals surface area contributed by atoms with Gasteiger partial charge in [0, 0.05) is 13.1 Å². The van der Waals surface area contributed by atoms with Crippen molar-refractivity contribution in [2.75, 3.05) is 26.8 Å². The standard InChI is InChI=1S/C20H29NO5/c1-19(2,3)26-18(23)21-12-10-20(11-13-21,17(22)24-4)15-25-14-16-8-6-5-7-9-16/h5-9H,10-15H2,1-4H3. The minimum Gasteiger partial charge on any atom is -0.469 e. The van der Waals surface area contributed by atoms with E-state index < -0.39 is 11.0 Å². The number of benzene rings is 1. The van der Waals surface area contributed by atoms with Gasteiger partial charge in [-0.25, -0.2) is 4.79 Å². The number of nitrogens with zero attached hydrogens (tertiary/aromatic N) is 1. The summed E-state index contributed by atoms with van der Waals surface area (Å²) in [4.78, 5) is 26.3. The predicted octanol–water partition coefficient (Wildman–Crippen LogP) is 3.39. The third kappa shape index (κ3) is 5.46. The molecule has 0 unspecified atom stereocenters. The molecule has 2 rings (SSSR count). The highest BCUT2D eigenvalue weighted by atomic mass is 16.6. The van der Waals surface area contributed by atoms with Crippen molar-refractivity contribution in [3.63, 3.8) is 0 Å². The Kier molecular flexibility index (Phi) is 6.64. The van der Waals surface area contributed by atoms with Crippen LogP contribution < -0.4 is 0 Å². The van der Waals surface area contributed by atoms with Gasteiger partial charge in [0.2, 0.25) is 0 Å². The number of amides is 1. The van der Waals surface area contributed by atoms with Crippen LogP contribution in [0.5, 0.6) is 0 Å². The topological polar surface area (TPSA) is 65.1 Å². The Morgan fingerprint density at radius 3 is 2.27 bits per heavy atom. The maximum Gasteiger partial charge on any atom is 0.410 e. The summed E-state index contributed by atoms with van der Waals surface area (Å²) >= 11 is 0. The summed E-state index contributed by atoms with van der Waals surface area (Å²) in [6.45, 7) is 7.12. The van der Waals surface area contributed by atoms with Crippen molar-refractivity contribution in [1.82, 2.24) is 4.90 Å². The molecule has 0 bridgehead atoms. The summed E-state index contributed by atoms with van der Waals surface area (Å²) in [6.07, 6.45) is 0.641. The first kappa shape index (κ1) is 20.2. The molecule has 0 atom stereocenters. The van der Waals surface area contributed by atoms with Crippen LogP contribution in [0.4, 0.5) is 4.79 Å². The van der Waals surface area contributed by atoms with E-state index in [1.54, 1.807) is 4.90 Å². The van der Waals surface area contributed by atoms with Crippen LogP contribution in [-0.2, 0) is 25.6 Å². The van der Waals surface area contributed by atoms with Gasteiger partial charge in [0.05, 0.1) is 25.7 Å². The normalized spacial score (nSPS) is 16.8. The van der Waals surface area contributed by atoms with Crippen molar-refractivity contribution in [3.05, 3.63) is 35.9 Å². The summed E-state index contributed by atoms with van der Waals surface area (Å²) in [5.74, 6) is -0.283. The lowest BCUT2D eigenvalue weighted by Crippen LogP contribution is -2.50. The molecule has 0 radical (unpaired) electrons. The summed E-state index contributed by atoms with van der Waals surface area (Å²) in [5.41, 5.74) is -0.201. The van der Waals surface area contributed by atoms with Gasteiger partial charge in [-0.05, 0) is 39.2 Å². The van der Waals surface area contributed by atoms with Crippen LogP contribution in [0, 0.1) is 5.41 Å². The summed E-state index contributed by atoms with van der Waals surface area (Å²) in [5, 5.41) is 0. The maximum absolute atomic E-state index is 12.4. The molecule has 1 aliphatic heterocycles. The van der Waals surface area contributed by atoms with Crippen molar-refractivity contribution < 1.29 is 23.8 Å². The first-order valence-corrected chi connectivity index (χ1v) is 8.94. The van der Waals surface area contributed by atoms with E-state index in [1.807, 2.05) is 51.1 Å². The monoisotopic (exact) mass is 363 g/mol. The Labute approximate surface area is 155 Å². The largest absolute Gasteiger partial charge is 0.469 e. The fourth-order valence-electron chi connectivity index (χ4n) is 3.01. The van der Waals surface area contributed by atoms with Gasteiger partial charge in [0.25, 0.3) is 0 Å². The van der Waals surface area contributed by atoms with Crippen LogP contribution in [0.1, 0.15) is 39.2 Å². The van der Waals surface area contributed by atoms with E-state index in [0.717, 1.165) is 5.56 Å². The fraction of sp³-hybridized carbons (Fsp3) is 0.600.